The van der Waals surface area contributed by atoms with Crippen LogP contribution in [0.25, 0.3) is 0 Å². The Bertz CT molecular complexity index is 434. The molecule has 1 N–H and O–H groups in total. The zero-order valence-corrected chi connectivity index (χ0v) is 12.4. The number of hydrogen-bond donors (Lipinski definition) is 1. The summed E-state index contributed by atoms with van der Waals surface area (Å²) >= 11 is 0. The first-order chi connectivity index (χ1) is 9.52. The minimum Gasteiger partial charge on any atom is -0.402 e. The van der Waals surface area contributed by atoms with Crippen LogP contribution >= 0.6 is 0 Å². The Morgan fingerprint density at radius 3 is 2.20 bits per heavy atom. The zero-order valence-electron chi connectivity index (χ0n) is 12.4. The lowest BCUT2D eigenvalue weighted by Gasteiger charge is -2.24. The smallest absolute Gasteiger partial charge is 0.402 e. The minimum absolute atomic E-state index is 0.0905. The van der Waals surface area contributed by atoms with Gasteiger partial charge in [0.2, 0.25) is 6.41 Å². The maximum Gasteiger partial charge on any atom is 0.496 e. The molecule has 6 heteroatoms. The fourth-order valence-electron chi connectivity index (χ4n) is 2.39. The first-order valence-electron chi connectivity index (χ1n) is 7.00. The van der Waals surface area contributed by atoms with E-state index in [1.165, 1.54) is 0 Å². The topological polar surface area (TPSA) is 60.5 Å². The molecule has 1 aliphatic rings. The number of aromatic nitrogens is 1. The molecule has 1 saturated heterocycles. The molecule has 1 aromatic heterocycles. The highest BCUT2D eigenvalue weighted by Crippen LogP contribution is 2.27. The molecule has 1 amide bonds. The van der Waals surface area contributed by atoms with Crippen molar-refractivity contribution in [2.75, 3.05) is 5.32 Å². The molecule has 1 aliphatic heterocycles. The Morgan fingerprint density at radius 2 is 1.80 bits per heavy atom. The van der Waals surface area contributed by atoms with Crippen LogP contribution in [0, 0.1) is 11.8 Å². The highest BCUT2D eigenvalue weighted by molar-refractivity contribution is 6.61. The van der Waals surface area contributed by atoms with E-state index in [9.17, 15) is 4.79 Å². The molecule has 20 heavy (non-hydrogen) atoms. The van der Waals surface area contributed by atoms with Gasteiger partial charge in [0, 0.05) is 11.7 Å². The second kappa shape index (κ2) is 6.37. The van der Waals surface area contributed by atoms with Crippen LogP contribution in [0.3, 0.4) is 0 Å². The fraction of sp³-hybridized carbons (Fsp3) is 0.571. The standard InChI is InChI=1S/C14H21BN2O3/c1-9(2)13-14(10(3)4)20-15(19-13)11-5-6-12(16-7-11)17-8-18/h5-10,13-14H,1-4H3,(H,16,17,18). The van der Waals surface area contributed by atoms with Crippen LogP contribution in [-0.2, 0) is 14.1 Å². The summed E-state index contributed by atoms with van der Waals surface area (Å²) in [5.74, 6) is 1.32. The highest BCUT2D eigenvalue weighted by Gasteiger charge is 2.43. The monoisotopic (exact) mass is 276 g/mol. The first-order valence-corrected chi connectivity index (χ1v) is 7.00. The van der Waals surface area contributed by atoms with Crippen molar-refractivity contribution in [2.45, 2.75) is 39.9 Å². The molecular formula is C14H21BN2O3. The molecule has 108 valence electrons. The lowest BCUT2D eigenvalue weighted by molar-refractivity contribution is -0.105. The molecule has 0 radical (unpaired) electrons. The Labute approximate surface area is 120 Å². The maximum absolute atomic E-state index is 10.4. The number of anilines is 1. The molecule has 0 spiro atoms. The summed E-state index contributed by atoms with van der Waals surface area (Å²) in [6.45, 7) is 8.56. The van der Waals surface area contributed by atoms with Gasteiger partial charge in [-0.05, 0) is 17.9 Å². The summed E-state index contributed by atoms with van der Waals surface area (Å²) in [4.78, 5) is 14.5. The van der Waals surface area contributed by atoms with Crippen LogP contribution in [0.15, 0.2) is 18.3 Å². The van der Waals surface area contributed by atoms with E-state index in [0.717, 1.165) is 5.46 Å². The van der Waals surface area contributed by atoms with Crippen LogP contribution in [0.5, 0.6) is 0 Å². The molecule has 2 unspecified atom stereocenters. The van der Waals surface area contributed by atoms with E-state index in [0.29, 0.717) is 24.1 Å². The van der Waals surface area contributed by atoms with Crippen molar-refractivity contribution in [1.29, 1.82) is 0 Å². The lowest BCUT2D eigenvalue weighted by atomic mass is 9.80. The predicted octanol–water partition coefficient (Wildman–Crippen LogP) is 1.44. The molecule has 1 fully saturated rings. The first kappa shape index (κ1) is 15.0. The van der Waals surface area contributed by atoms with Gasteiger partial charge in [0.1, 0.15) is 5.82 Å². The SMILES string of the molecule is CC(C)C1OB(c2ccc(NC=O)nc2)OC1C(C)C. The summed E-state index contributed by atoms with van der Waals surface area (Å²) in [6.07, 6.45) is 2.46. The average molecular weight is 276 g/mol. The Morgan fingerprint density at radius 1 is 1.20 bits per heavy atom. The van der Waals surface area contributed by atoms with E-state index in [1.54, 1.807) is 12.3 Å². The van der Waals surface area contributed by atoms with Gasteiger partial charge in [-0.3, -0.25) is 4.79 Å². The summed E-state index contributed by atoms with van der Waals surface area (Å²) in [7, 11) is -0.382. The molecule has 2 heterocycles. The van der Waals surface area contributed by atoms with Gasteiger partial charge >= 0.3 is 7.12 Å². The van der Waals surface area contributed by atoms with Crippen molar-refractivity contribution in [3.63, 3.8) is 0 Å². The Balaban J connectivity index is 2.11. The van der Waals surface area contributed by atoms with Gasteiger partial charge in [0.15, 0.2) is 0 Å². The maximum atomic E-state index is 10.4. The van der Waals surface area contributed by atoms with Gasteiger partial charge in [-0.25, -0.2) is 4.98 Å². The number of pyridine rings is 1. The Kier molecular flexibility index (Phi) is 4.78. The second-order valence-corrected chi connectivity index (χ2v) is 5.76. The van der Waals surface area contributed by atoms with Gasteiger partial charge in [0.25, 0.3) is 0 Å². The Hall–Kier alpha value is -1.40. The summed E-state index contributed by atoms with van der Waals surface area (Å²) in [5.41, 5.74) is 0.871. The van der Waals surface area contributed by atoms with Gasteiger partial charge < -0.3 is 14.6 Å². The van der Waals surface area contributed by atoms with Crippen LogP contribution in [0.2, 0.25) is 0 Å². The number of carbonyl (C=O) groups is 1. The molecular weight excluding hydrogens is 255 g/mol. The second-order valence-electron chi connectivity index (χ2n) is 5.76. The third-order valence-corrected chi connectivity index (χ3v) is 3.46. The normalized spacial score (nSPS) is 22.6. The van der Waals surface area contributed by atoms with Crippen molar-refractivity contribution in [2.24, 2.45) is 11.8 Å². The number of carbonyl (C=O) groups excluding carboxylic acids is 1. The van der Waals surface area contributed by atoms with E-state index >= 15 is 0 Å². The predicted molar refractivity (Wildman–Crippen MR) is 78.7 cm³/mol. The summed E-state index contributed by atoms with van der Waals surface area (Å²) in [5, 5.41) is 2.51. The largest absolute Gasteiger partial charge is 0.496 e. The van der Waals surface area contributed by atoms with Crippen molar-refractivity contribution < 1.29 is 14.1 Å². The molecule has 1 aromatic rings. The lowest BCUT2D eigenvalue weighted by Crippen LogP contribution is -2.33. The number of amides is 1. The van der Waals surface area contributed by atoms with Gasteiger partial charge in [-0.1, -0.05) is 33.8 Å². The van der Waals surface area contributed by atoms with Gasteiger partial charge in [0.05, 0.1) is 12.2 Å². The van der Waals surface area contributed by atoms with Crippen LogP contribution < -0.4 is 10.8 Å². The molecule has 0 aliphatic carbocycles. The van der Waals surface area contributed by atoms with Crippen LogP contribution in [0.4, 0.5) is 5.82 Å². The van der Waals surface area contributed by atoms with Crippen molar-refractivity contribution in [3.05, 3.63) is 18.3 Å². The van der Waals surface area contributed by atoms with Crippen LogP contribution in [-0.4, -0.2) is 30.7 Å². The van der Waals surface area contributed by atoms with Crippen molar-refractivity contribution in [1.82, 2.24) is 4.98 Å². The van der Waals surface area contributed by atoms with Crippen LogP contribution in [0.1, 0.15) is 27.7 Å². The average Bonchev–Trinajstić information content (AvgIpc) is 2.85. The molecule has 0 aromatic carbocycles. The number of nitrogens with one attached hydrogen (secondary N) is 1. The number of rotatable bonds is 5. The van der Waals surface area contributed by atoms with E-state index in [4.69, 9.17) is 9.31 Å². The van der Waals surface area contributed by atoms with Crippen molar-refractivity contribution >= 4 is 24.8 Å². The zero-order chi connectivity index (χ0) is 14.7. The minimum atomic E-state index is -0.382. The third kappa shape index (κ3) is 3.19. The molecule has 0 saturated carbocycles. The van der Waals surface area contributed by atoms with Crippen molar-refractivity contribution in [3.8, 4) is 0 Å². The fourth-order valence-corrected chi connectivity index (χ4v) is 2.39. The van der Waals surface area contributed by atoms with Gasteiger partial charge in [-0.2, -0.15) is 0 Å². The number of nitrogens with zero attached hydrogens (tertiary/aromatic N) is 1. The molecule has 5 nitrogen and oxygen atoms in total. The van der Waals surface area contributed by atoms with E-state index in [1.807, 2.05) is 6.07 Å². The van der Waals surface area contributed by atoms with Gasteiger partial charge in [-0.15, -0.1) is 0 Å². The summed E-state index contributed by atoms with van der Waals surface area (Å²) in [6, 6.07) is 3.60. The molecule has 2 atom stereocenters. The highest BCUT2D eigenvalue weighted by atomic mass is 16.7. The third-order valence-electron chi connectivity index (χ3n) is 3.46. The number of hydrogen-bond acceptors (Lipinski definition) is 4. The van der Waals surface area contributed by atoms with E-state index < -0.39 is 0 Å². The summed E-state index contributed by atoms with van der Waals surface area (Å²) < 4.78 is 12.1. The van der Waals surface area contributed by atoms with E-state index in [-0.39, 0.29) is 19.3 Å². The van der Waals surface area contributed by atoms with E-state index in [2.05, 4.69) is 38.0 Å². The quantitative estimate of drug-likeness (QED) is 0.653. The molecule has 2 rings (SSSR count). The molecule has 0 bridgehead atoms.